The normalized spacial score (nSPS) is 12.7. The highest BCUT2D eigenvalue weighted by Gasteiger charge is 2.08. The number of nitrogens with one attached hydrogen (secondary N) is 1. The molecule has 0 aliphatic carbocycles. The van der Waals surface area contributed by atoms with E-state index in [1.807, 2.05) is 19.1 Å². The molecule has 0 amide bonds. The SMILES string of the molecule is COc1ccc2cc([C@@H](C)NN)ccc2c1Br. The molecule has 2 aromatic rings. The molecule has 3 nitrogen and oxygen atoms in total. The first-order chi connectivity index (χ1) is 8.17. The van der Waals surface area contributed by atoms with Crippen LogP contribution in [-0.2, 0) is 0 Å². The Hall–Kier alpha value is -1.10. The molecule has 4 heteroatoms. The van der Waals surface area contributed by atoms with Crippen LogP contribution in [0.3, 0.4) is 0 Å². The van der Waals surface area contributed by atoms with Crippen LogP contribution in [0.1, 0.15) is 18.5 Å². The van der Waals surface area contributed by atoms with Crippen molar-refractivity contribution in [3.63, 3.8) is 0 Å². The fourth-order valence-electron chi connectivity index (χ4n) is 1.81. The first kappa shape index (κ1) is 12.4. The van der Waals surface area contributed by atoms with Gasteiger partial charge in [0.15, 0.2) is 0 Å². The zero-order valence-corrected chi connectivity index (χ0v) is 11.4. The molecule has 2 aromatic carbocycles. The fourth-order valence-corrected chi connectivity index (χ4v) is 2.47. The summed E-state index contributed by atoms with van der Waals surface area (Å²) in [5.74, 6) is 6.29. The summed E-state index contributed by atoms with van der Waals surface area (Å²) in [6, 6.07) is 10.4. The summed E-state index contributed by atoms with van der Waals surface area (Å²) >= 11 is 3.56. The van der Waals surface area contributed by atoms with Crippen LogP contribution >= 0.6 is 15.9 Å². The Balaban J connectivity index is 2.57. The number of methoxy groups -OCH3 is 1. The van der Waals surface area contributed by atoms with Crippen molar-refractivity contribution in [1.29, 1.82) is 0 Å². The molecule has 1 atom stereocenters. The summed E-state index contributed by atoms with van der Waals surface area (Å²) in [5, 5.41) is 2.30. The third-order valence-corrected chi connectivity index (χ3v) is 3.73. The first-order valence-electron chi connectivity index (χ1n) is 5.39. The van der Waals surface area contributed by atoms with Crippen molar-refractivity contribution in [3.8, 4) is 5.75 Å². The van der Waals surface area contributed by atoms with Gasteiger partial charge < -0.3 is 4.74 Å². The number of fused-ring (bicyclic) bond motifs is 1. The van der Waals surface area contributed by atoms with Crippen LogP contribution in [-0.4, -0.2) is 7.11 Å². The van der Waals surface area contributed by atoms with E-state index in [9.17, 15) is 0 Å². The second-order valence-corrected chi connectivity index (χ2v) is 4.74. The topological polar surface area (TPSA) is 47.3 Å². The molecule has 3 N–H and O–H groups in total. The molecule has 17 heavy (non-hydrogen) atoms. The van der Waals surface area contributed by atoms with Gasteiger partial charge in [-0.1, -0.05) is 18.2 Å². The van der Waals surface area contributed by atoms with Gasteiger partial charge in [0.05, 0.1) is 11.6 Å². The van der Waals surface area contributed by atoms with E-state index in [-0.39, 0.29) is 6.04 Å². The number of hydrogen-bond donors (Lipinski definition) is 2. The van der Waals surface area contributed by atoms with E-state index in [1.165, 1.54) is 0 Å². The van der Waals surface area contributed by atoms with Gasteiger partial charge in [-0.25, -0.2) is 0 Å². The lowest BCUT2D eigenvalue weighted by atomic mass is 10.0. The number of rotatable bonds is 3. The summed E-state index contributed by atoms with van der Waals surface area (Å²) in [6.07, 6.45) is 0. The van der Waals surface area contributed by atoms with Gasteiger partial charge in [-0.3, -0.25) is 11.3 Å². The van der Waals surface area contributed by atoms with E-state index in [4.69, 9.17) is 10.6 Å². The van der Waals surface area contributed by atoms with E-state index in [1.54, 1.807) is 7.11 Å². The van der Waals surface area contributed by atoms with Crippen LogP contribution < -0.4 is 16.0 Å². The maximum Gasteiger partial charge on any atom is 0.133 e. The molecule has 0 radical (unpaired) electrons. The second-order valence-electron chi connectivity index (χ2n) is 3.95. The lowest BCUT2D eigenvalue weighted by Gasteiger charge is -2.12. The van der Waals surface area contributed by atoms with Crippen molar-refractivity contribution in [1.82, 2.24) is 5.43 Å². The summed E-state index contributed by atoms with van der Waals surface area (Å²) in [4.78, 5) is 0. The molecular weight excluding hydrogens is 280 g/mol. The number of ether oxygens (including phenoxy) is 1. The van der Waals surface area contributed by atoms with Crippen LogP contribution in [0, 0.1) is 0 Å². The van der Waals surface area contributed by atoms with E-state index in [2.05, 4.69) is 39.6 Å². The molecule has 0 aliphatic rings. The quantitative estimate of drug-likeness (QED) is 0.675. The minimum Gasteiger partial charge on any atom is -0.496 e. The third kappa shape index (κ3) is 2.29. The Morgan fingerprint density at radius 2 is 2.06 bits per heavy atom. The molecule has 0 spiro atoms. The molecule has 0 saturated carbocycles. The van der Waals surface area contributed by atoms with Crippen LogP contribution in [0.4, 0.5) is 0 Å². The molecule has 2 rings (SSSR count). The summed E-state index contributed by atoms with van der Waals surface area (Å²) in [7, 11) is 1.67. The van der Waals surface area contributed by atoms with Crippen molar-refractivity contribution < 1.29 is 4.74 Å². The Labute approximate surface area is 109 Å². The zero-order valence-electron chi connectivity index (χ0n) is 9.83. The first-order valence-corrected chi connectivity index (χ1v) is 6.19. The Morgan fingerprint density at radius 3 is 2.71 bits per heavy atom. The van der Waals surface area contributed by atoms with E-state index >= 15 is 0 Å². The number of benzene rings is 2. The van der Waals surface area contributed by atoms with E-state index < -0.39 is 0 Å². The number of hydrazine groups is 1. The molecular formula is C13H15BrN2O. The smallest absolute Gasteiger partial charge is 0.133 e. The van der Waals surface area contributed by atoms with E-state index in [0.717, 1.165) is 26.6 Å². The predicted octanol–water partition coefficient (Wildman–Crippen LogP) is 3.14. The van der Waals surface area contributed by atoms with Crippen molar-refractivity contribution in [2.24, 2.45) is 5.84 Å². The average molecular weight is 295 g/mol. The van der Waals surface area contributed by atoms with E-state index in [0.29, 0.717) is 0 Å². The molecule has 0 fully saturated rings. The fraction of sp³-hybridized carbons (Fsp3) is 0.231. The molecule has 90 valence electrons. The van der Waals surface area contributed by atoms with Gasteiger partial charge in [-0.15, -0.1) is 0 Å². The van der Waals surface area contributed by atoms with Crippen molar-refractivity contribution >= 4 is 26.7 Å². The molecule has 0 heterocycles. The molecule has 0 aromatic heterocycles. The maximum atomic E-state index is 5.44. The minimum atomic E-state index is 0.139. The van der Waals surface area contributed by atoms with Gasteiger partial charge in [0.1, 0.15) is 5.75 Å². The number of hydrogen-bond acceptors (Lipinski definition) is 3. The molecule has 0 unspecified atom stereocenters. The zero-order chi connectivity index (χ0) is 12.4. The highest BCUT2D eigenvalue weighted by molar-refractivity contribution is 9.10. The highest BCUT2D eigenvalue weighted by atomic mass is 79.9. The van der Waals surface area contributed by atoms with Crippen LogP contribution in [0.5, 0.6) is 5.75 Å². The van der Waals surface area contributed by atoms with Crippen molar-refractivity contribution in [2.75, 3.05) is 7.11 Å². The van der Waals surface area contributed by atoms with Crippen molar-refractivity contribution in [2.45, 2.75) is 13.0 Å². The molecule has 0 saturated heterocycles. The standard InChI is InChI=1S/C13H15BrN2O/c1-8(16-15)9-3-5-11-10(7-9)4-6-12(17-2)13(11)14/h3-8,16H,15H2,1-2H3/t8-/m1/s1. The van der Waals surface area contributed by atoms with Gasteiger partial charge in [-0.05, 0) is 51.3 Å². The lowest BCUT2D eigenvalue weighted by Crippen LogP contribution is -2.25. The van der Waals surface area contributed by atoms with Crippen LogP contribution in [0.15, 0.2) is 34.8 Å². The second kappa shape index (κ2) is 5.04. The monoisotopic (exact) mass is 294 g/mol. The average Bonchev–Trinajstić information content (AvgIpc) is 2.38. The molecule has 0 aliphatic heterocycles. The van der Waals surface area contributed by atoms with Crippen LogP contribution in [0.25, 0.3) is 10.8 Å². The van der Waals surface area contributed by atoms with Gasteiger partial charge in [0.25, 0.3) is 0 Å². The predicted molar refractivity (Wildman–Crippen MR) is 73.9 cm³/mol. The Kier molecular flexibility index (Phi) is 3.66. The maximum absolute atomic E-state index is 5.44. The minimum absolute atomic E-state index is 0.139. The molecule has 0 bridgehead atoms. The summed E-state index contributed by atoms with van der Waals surface area (Å²) < 4.78 is 6.26. The highest BCUT2D eigenvalue weighted by Crippen LogP contribution is 2.33. The lowest BCUT2D eigenvalue weighted by molar-refractivity contribution is 0.413. The Morgan fingerprint density at radius 1 is 1.29 bits per heavy atom. The van der Waals surface area contributed by atoms with Crippen molar-refractivity contribution in [3.05, 3.63) is 40.4 Å². The third-order valence-electron chi connectivity index (χ3n) is 2.91. The summed E-state index contributed by atoms with van der Waals surface area (Å²) in [6.45, 7) is 2.03. The van der Waals surface area contributed by atoms with Gasteiger partial charge in [-0.2, -0.15) is 0 Å². The largest absolute Gasteiger partial charge is 0.496 e. The summed E-state index contributed by atoms with van der Waals surface area (Å²) in [5.41, 5.74) is 3.91. The van der Waals surface area contributed by atoms with Gasteiger partial charge in [0.2, 0.25) is 0 Å². The number of halogens is 1. The number of nitrogens with two attached hydrogens (primary N) is 1. The van der Waals surface area contributed by atoms with Crippen LogP contribution in [0.2, 0.25) is 0 Å². The van der Waals surface area contributed by atoms with Gasteiger partial charge in [0, 0.05) is 6.04 Å². The Bertz CT molecular complexity index is 542. The van der Waals surface area contributed by atoms with Gasteiger partial charge >= 0.3 is 0 Å².